The number of alkyl halides is 4. The van der Waals surface area contributed by atoms with Gasteiger partial charge < -0.3 is 15.2 Å². The lowest BCUT2D eigenvalue weighted by Gasteiger charge is -2.26. The third kappa shape index (κ3) is 6.14. The molecule has 8 heteroatoms. The summed E-state index contributed by atoms with van der Waals surface area (Å²) in [5, 5.41) is 10.5. The van der Waals surface area contributed by atoms with Crippen LogP contribution in [0.1, 0.15) is 6.42 Å². The van der Waals surface area contributed by atoms with Gasteiger partial charge in [-0.2, -0.15) is 13.2 Å². The van der Waals surface area contributed by atoms with Crippen molar-refractivity contribution in [3.8, 4) is 0 Å². The van der Waals surface area contributed by atoms with E-state index < -0.39 is 12.1 Å². The number of hydrogen-bond donors (Lipinski definition) is 2. The van der Waals surface area contributed by atoms with Gasteiger partial charge in [-0.3, -0.25) is 0 Å². The van der Waals surface area contributed by atoms with Gasteiger partial charge in [0.25, 0.3) is 0 Å². The van der Waals surface area contributed by atoms with Gasteiger partial charge in [-0.15, -0.1) is 11.6 Å². The van der Waals surface area contributed by atoms with Crippen molar-refractivity contribution in [3.63, 3.8) is 0 Å². The number of hydrogen-bond acceptors (Lipinski definition) is 3. The Balaban J connectivity index is 0.000000293. The normalized spacial score (nSPS) is 25.6. The zero-order valence-electron chi connectivity index (χ0n) is 8.55. The molecule has 1 heterocycles. The first-order valence-corrected chi connectivity index (χ1v) is 4.90. The molecule has 1 rings (SSSR count). The zero-order valence-corrected chi connectivity index (χ0v) is 9.31. The van der Waals surface area contributed by atoms with Crippen LogP contribution in [0.4, 0.5) is 13.2 Å². The van der Waals surface area contributed by atoms with Crippen molar-refractivity contribution in [2.75, 3.05) is 20.2 Å². The molecule has 2 unspecified atom stereocenters. The fourth-order valence-electron chi connectivity index (χ4n) is 1.06. The number of ether oxygens (including phenoxy) is 1. The summed E-state index contributed by atoms with van der Waals surface area (Å²) < 4.78 is 36.9. The Morgan fingerprint density at radius 3 is 2.31 bits per heavy atom. The van der Waals surface area contributed by atoms with Crippen LogP contribution >= 0.6 is 11.6 Å². The van der Waals surface area contributed by atoms with Crippen LogP contribution in [-0.2, 0) is 9.53 Å². The van der Waals surface area contributed by atoms with Gasteiger partial charge >= 0.3 is 12.1 Å². The first-order chi connectivity index (χ1) is 7.29. The third-order valence-corrected chi connectivity index (χ3v) is 2.33. The highest BCUT2D eigenvalue weighted by Gasteiger charge is 2.38. The number of carboxylic acid groups (broad SMARTS) is 1. The van der Waals surface area contributed by atoms with Crippen LogP contribution in [0, 0.1) is 0 Å². The second-order valence-corrected chi connectivity index (χ2v) is 3.65. The van der Waals surface area contributed by atoms with Crippen molar-refractivity contribution in [1.29, 1.82) is 0 Å². The van der Waals surface area contributed by atoms with Gasteiger partial charge in [0.1, 0.15) is 0 Å². The molecule has 16 heavy (non-hydrogen) atoms. The quantitative estimate of drug-likeness (QED) is 0.699. The molecule has 0 amide bonds. The Morgan fingerprint density at radius 2 is 2.06 bits per heavy atom. The van der Waals surface area contributed by atoms with E-state index >= 15 is 0 Å². The Bertz CT molecular complexity index is 225. The minimum atomic E-state index is -5.08. The summed E-state index contributed by atoms with van der Waals surface area (Å²) in [6.45, 7) is 1.90. The average molecular weight is 264 g/mol. The SMILES string of the molecule is COC1CCNCC1Cl.O=C(O)C(F)(F)F. The van der Waals surface area contributed by atoms with E-state index in [2.05, 4.69) is 5.32 Å². The fourth-order valence-corrected chi connectivity index (χ4v) is 1.40. The second-order valence-electron chi connectivity index (χ2n) is 3.09. The minimum Gasteiger partial charge on any atom is -0.475 e. The van der Waals surface area contributed by atoms with Crippen LogP contribution < -0.4 is 5.32 Å². The topological polar surface area (TPSA) is 58.6 Å². The highest BCUT2D eigenvalue weighted by Crippen LogP contribution is 2.13. The van der Waals surface area contributed by atoms with Crippen LogP contribution in [0.5, 0.6) is 0 Å². The van der Waals surface area contributed by atoms with E-state index in [9.17, 15) is 13.2 Å². The predicted molar refractivity (Wildman–Crippen MR) is 51.6 cm³/mol. The lowest BCUT2D eigenvalue weighted by Crippen LogP contribution is -2.41. The van der Waals surface area contributed by atoms with E-state index in [1.807, 2.05) is 0 Å². The Kier molecular flexibility index (Phi) is 6.70. The molecule has 0 aromatic rings. The standard InChI is InChI=1S/C6H12ClNO.C2HF3O2/c1-9-6-2-3-8-4-5(6)7;3-2(4,5)1(6)7/h5-6,8H,2-4H2,1H3;(H,6,7). The van der Waals surface area contributed by atoms with Gasteiger partial charge in [-0.25, -0.2) is 4.79 Å². The van der Waals surface area contributed by atoms with Crippen LogP contribution in [0.3, 0.4) is 0 Å². The van der Waals surface area contributed by atoms with E-state index in [-0.39, 0.29) is 11.5 Å². The van der Waals surface area contributed by atoms with Gasteiger partial charge in [-0.1, -0.05) is 0 Å². The number of carbonyl (C=O) groups is 1. The maximum Gasteiger partial charge on any atom is 0.490 e. The van der Waals surface area contributed by atoms with E-state index in [1.165, 1.54) is 0 Å². The molecule has 0 saturated carbocycles. The minimum absolute atomic E-state index is 0.156. The highest BCUT2D eigenvalue weighted by molar-refractivity contribution is 6.21. The molecule has 0 aromatic heterocycles. The molecule has 0 aliphatic carbocycles. The van der Waals surface area contributed by atoms with Crippen molar-refractivity contribution in [2.24, 2.45) is 0 Å². The predicted octanol–water partition coefficient (Wildman–Crippen LogP) is 1.24. The molecule has 0 bridgehead atoms. The Morgan fingerprint density at radius 1 is 1.56 bits per heavy atom. The molecule has 1 fully saturated rings. The van der Waals surface area contributed by atoms with Gasteiger partial charge in [-0.05, 0) is 13.0 Å². The summed E-state index contributed by atoms with van der Waals surface area (Å²) in [5.74, 6) is -2.76. The van der Waals surface area contributed by atoms with Gasteiger partial charge in [0.05, 0.1) is 11.5 Å². The number of nitrogens with one attached hydrogen (secondary N) is 1. The third-order valence-electron chi connectivity index (χ3n) is 1.89. The van der Waals surface area contributed by atoms with E-state index in [0.717, 1.165) is 19.5 Å². The molecule has 1 saturated heterocycles. The summed E-state index contributed by atoms with van der Waals surface area (Å²) in [6, 6.07) is 0. The van der Waals surface area contributed by atoms with Crippen LogP contribution in [0.2, 0.25) is 0 Å². The zero-order chi connectivity index (χ0) is 12.8. The molecule has 1 aliphatic heterocycles. The van der Waals surface area contributed by atoms with Crippen molar-refractivity contribution >= 4 is 17.6 Å². The molecule has 0 spiro atoms. The summed E-state index contributed by atoms with van der Waals surface area (Å²) >= 11 is 5.90. The van der Waals surface area contributed by atoms with Crippen molar-refractivity contribution in [1.82, 2.24) is 5.32 Å². The Labute approximate surface area is 95.7 Å². The number of aliphatic carboxylic acids is 1. The average Bonchev–Trinajstić information content (AvgIpc) is 2.18. The number of piperidine rings is 1. The molecule has 2 atom stereocenters. The molecular weight excluding hydrogens is 251 g/mol. The molecular formula is C8H13ClF3NO3. The molecule has 96 valence electrons. The number of carboxylic acids is 1. The number of methoxy groups -OCH3 is 1. The number of halogens is 4. The molecule has 0 radical (unpaired) electrons. The molecule has 2 N–H and O–H groups in total. The summed E-state index contributed by atoms with van der Waals surface area (Å²) in [6.07, 6.45) is -3.79. The molecule has 1 aliphatic rings. The highest BCUT2D eigenvalue weighted by atomic mass is 35.5. The second kappa shape index (κ2) is 6.93. The van der Waals surface area contributed by atoms with Crippen LogP contribution in [0.15, 0.2) is 0 Å². The number of rotatable bonds is 1. The Hall–Kier alpha value is -0.530. The van der Waals surface area contributed by atoms with E-state index in [4.69, 9.17) is 26.2 Å². The van der Waals surface area contributed by atoms with Gasteiger partial charge in [0.15, 0.2) is 0 Å². The largest absolute Gasteiger partial charge is 0.490 e. The van der Waals surface area contributed by atoms with Crippen molar-refractivity contribution in [2.45, 2.75) is 24.1 Å². The van der Waals surface area contributed by atoms with E-state index in [0.29, 0.717) is 0 Å². The van der Waals surface area contributed by atoms with Gasteiger partial charge in [0.2, 0.25) is 0 Å². The fraction of sp³-hybridized carbons (Fsp3) is 0.875. The first kappa shape index (κ1) is 15.5. The lowest BCUT2D eigenvalue weighted by molar-refractivity contribution is -0.192. The van der Waals surface area contributed by atoms with Crippen molar-refractivity contribution < 1.29 is 27.8 Å². The maximum atomic E-state index is 10.6. The summed E-state index contributed by atoms with van der Waals surface area (Å²) in [5.41, 5.74) is 0. The monoisotopic (exact) mass is 263 g/mol. The van der Waals surface area contributed by atoms with Crippen molar-refractivity contribution in [3.05, 3.63) is 0 Å². The maximum absolute atomic E-state index is 10.6. The summed E-state index contributed by atoms with van der Waals surface area (Å²) in [7, 11) is 1.71. The van der Waals surface area contributed by atoms with Crippen LogP contribution in [0.25, 0.3) is 0 Å². The smallest absolute Gasteiger partial charge is 0.475 e. The lowest BCUT2D eigenvalue weighted by atomic mass is 10.1. The molecule has 4 nitrogen and oxygen atoms in total. The first-order valence-electron chi connectivity index (χ1n) is 4.46. The molecule has 0 aromatic carbocycles. The van der Waals surface area contributed by atoms with E-state index in [1.54, 1.807) is 7.11 Å². The summed E-state index contributed by atoms with van der Waals surface area (Å²) in [4.78, 5) is 8.90. The van der Waals surface area contributed by atoms with Gasteiger partial charge in [0, 0.05) is 13.7 Å². The van der Waals surface area contributed by atoms with Crippen LogP contribution in [-0.4, -0.2) is 48.9 Å².